The van der Waals surface area contributed by atoms with Gasteiger partial charge in [-0.05, 0) is 0 Å². The maximum atomic E-state index is 14.4. The summed E-state index contributed by atoms with van der Waals surface area (Å²) in [6.07, 6.45) is 18.3. The monoisotopic (exact) mass is 414 g/mol. The van der Waals surface area contributed by atoms with E-state index in [1.54, 1.807) is 6.08 Å². The van der Waals surface area contributed by atoms with Gasteiger partial charge in [-0.1, -0.05) is 0 Å². The average molecular weight is 415 g/mol. The molecule has 0 radical (unpaired) electrons. The SMILES string of the molecule is Cl.Cl.FC1=[C]([Ti]([SiH3])([CH]2CCCCC2)[CH]2C=CC=CS2)CC=C1. The topological polar surface area (TPSA) is 0 Å². The van der Waals surface area contributed by atoms with Crippen molar-refractivity contribution in [3.05, 3.63) is 45.5 Å². The first-order valence-electron chi connectivity index (χ1n) is 7.77. The summed E-state index contributed by atoms with van der Waals surface area (Å²) in [5.74, 6) is 0.147. The molecule has 0 aromatic rings. The molecule has 2 aliphatic carbocycles. The number of allylic oxidation sites excluding steroid dienone is 6. The predicted molar refractivity (Wildman–Crippen MR) is 103 cm³/mol. The summed E-state index contributed by atoms with van der Waals surface area (Å²) in [4.78, 5) is 0. The van der Waals surface area contributed by atoms with Crippen LogP contribution in [0.2, 0.25) is 4.22 Å². The van der Waals surface area contributed by atoms with Crippen LogP contribution < -0.4 is 0 Å². The summed E-state index contributed by atoms with van der Waals surface area (Å²) in [7, 11) is 1.22. The second-order valence-corrected chi connectivity index (χ2v) is 22.0. The van der Waals surface area contributed by atoms with Gasteiger partial charge < -0.3 is 0 Å². The van der Waals surface area contributed by atoms with E-state index in [1.807, 2.05) is 11.8 Å². The molecule has 0 saturated heterocycles. The molecule has 1 fully saturated rings. The van der Waals surface area contributed by atoms with Gasteiger partial charge in [0, 0.05) is 0 Å². The molecule has 0 N–H and O–H groups in total. The Bertz CT molecular complexity index is 500. The van der Waals surface area contributed by atoms with E-state index < -0.39 is 15.8 Å². The molecule has 3 aliphatic rings. The minimum atomic E-state index is -2.29. The minimum absolute atomic E-state index is 0. The van der Waals surface area contributed by atoms with E-state index >= 15 is 0 Å². The van der Waals surface area contributed by atoms with Crippen LogP contribution in [0.3, 0.4) is 0 Å². The molecule has 0 amide bonds. The molecule has 2 unspecified atom stereocenters. The average Bonchev–Trinajstić information content (AvgIpc) is 2.95. The third kappa shape index (κ3) is 4.04. The molecule has 0 aromatic heterocycles. The third-order valence-corrected chi connectivity index (χ3v) is 27.3. The second-order valence-electron chi connectivity index (χ2n) is 6.32. The Morgan fingerprint density at radius 1 is 1.14 bits per heavy atom. The molecule has 6 heteroatoms. The summed E-state index contributed by atoms with van der Waals surface area (Å²) in [6, 6.07) is 0. The fraction of sp³-hybridized carbons (Fsp3) is 0.500. The van der Waals surface area contributed by atoms with Crippen LogP contribution in [0.1, 0.15) is 38.5 Å². The number of hydrogen-bond donors (Lipinski definition) is 0. The first-order chi connectivity index (χ1) is 9.73. The first kappa shape index (κ1) is 20.8. The number of thioether (sulfide) groups is 1. The van der Waals surface area contributed by atoms with Crippen molar-refractivity contribution < 1.29 is 20.2 Å². The number of hydrogen-bond acceptors (Lipinski definition) is 1. The van der Waals surface area contributed by atoms with Crippen molar-refractivity contribution in [2.24, 2.45) is 0 Å². The van der Waals surface area contributed by atoms with Crippen molar-refractivity contribution in [3.8, 4) is 0 Å². The Morgan fingerprint density at radius 3 is 2.41 bits per heavy atom. The Labute approximate surface area is 155 Å². The van der Waals surface area contributed by atoms with E-state index in [9.17, 15) is 4.39 Å². The van der Waals surface area contributed by atoms with Crippen molar-refractivity contribution >= 4 is 44.7 Å². The molecular weight excluding hydrogens is 390 g/mol. The summed E-state index contributed by atoms with van der Waals surface area (Å²) in [5, 5.41) is 2.23. The normalized spacial score (nSPS) is 27.4. The Balaban J connectivity index is 0.00000121. The third-order valence-electron chi connectivity index (χ3n) is 5.27. The summed E-state index contributed by atoms with van der Waals surface area (Å²) in [6.45, 7) is 0. The molecular formula is C16H25Cl2FSSiTi. The molecule has 1 aliphatic heterocycles. The van der Waals surface area contributed by atoms with Gasteiger partial charge in [-0.3, -0.25) is 0 Å². The van der Waals surface area contributed by atoms with Gasteiger partial charge in [-0.2, -0.15) is 0 Å². The molecule has 0 spiro atoms. The summed E-state index contributed by atoms with van der Waals surface area (Å²) in [5.41, 5.74) is 0. The zero-order valence-corrected chi connectivity index (χ0v) is 19.0. The van der Waals surface area contributed by atoms with Crippen LogP contribution in [-0.4, -0.2) is 11.7 Å². The molecule has 124 valence electrons. The molecule has 3 rings (SSSR count). The maximum absolute atomic E-state index is 14.4. The summed E-state index contributed by atoms with van der Waals surface area (Å²) >= 11 is -0.316. The van der Waals surface area contributed by atoms with Gasteiger partial charge in [-0.25, -0.2) is 0 Å². The van der Waals surface area contributed by atoms with E-state index in [4.69, 9.17) is 0 Å². The van der Waals surface area contributed by atoms with Crippen molar-refractivity contribution in [1.29, 1.82) is 0 Å². The van der Waals surface area contributed by atoms with Gasteiger partial charge in [0.1, 0.15) is 0 Å². The van der Waals surface area contributed by atoms with Crippen LogP contribution in [0, 0.1) is 0 Å². The standard InChI is InChI=1S/C6H11.C5H4F.C5H5S.2ClH.H3Si.Ti/c1-2-4-6-5-3-1;6-5-3-1-2-4-5;1-2-4-6-5-3-1;;;;/h1H,2-6H2;1,3H,2H2;1-5H;2*1H;1H3;. The van der Waals surface area contributed by atoms with Crippen LogP contribution in [0.25, 0.3) is 0 Å². The van der Waals surface area contributed by atoms with Crippen LogP contribution in [0.4, 0.5) is 4.39 Å². The van der Waals surface area contributed by atoms with Crippen LogP contribution in [0.15, 0.2) is 45.5 Å². The zero-order chi connectivity index (χ0) is 14.0. The van der Waals surface area contributed by atoms with E-state index in [1.165, 1.54) is 44.1 Å². The molecule has 0 bridgehead atoms. The second kappa shape index (κ2) is 9.29. The predicted octanol–water partition coefficient (Wildman–Crippen LogP) is 5.30. The van der Waals surface area contributed by atoms with Crippen molar-refractivity contribution in [3.63, 3.8) is 0 Å². The van der Waals surface area contributed by atoms with Crippen LogP contribution in [0.5, 0.6) is 0 Å². The van der Waals surface area contributed by atoms with Gasteiger partial charge >= 0.3 is 132 Å². The van der Waals surface area contributed by atoms with Gasteiger partial charge in [0.15, 0.2) is 0 Å². The zero-order valence-electron chi connectivity index (χ0n) is 13.0. The number of halogens is 3. The van der Waals surface area contributed by atoms with Crippen LogP contribution in [-0.2, 0) is 15.8 Å². The molecule has 0 aromatic carbocycles. The van der Waals surface area contributed by atoms with Gasteiger partial charge in [0.2, 0.25) is 0 Å². The Hall–Kier alpha value is 0.751. The molecule has 2 atom stereocenters. The quantitative estimate of drug-likeness (QED) is 0.564. The van der Waals surface area contributed by atoms with E-state index in [0.717, 1.165) is 10.6 Å². The first-order valence-corrected chi connectivity index (χ1v) is 17.0. The van der Waals surface area contributed by atoms with Gasteiger partial charge in [0.05, 0.1) is 0 Å². The molecule has 1 saturated carbocycles. The van der Waals surface area contributed by atoms with Gasteiger partial charge in [-0.15, -0.1) is 24.8 Å². The van der Waals surface area contributed by atoms with Crippen molar-refractivity contribution in [2.75, 3.05) is 0 Å². The van der Waals surface area contributed by atoms with Crippen LogP contribution >= 0.6 is 36.6 Å². The van der Waals surface area contributed by atoms with Crippen molar-refractivity contribution in [2.45, 2.75) is 46.3 Å². The number of rotatable bonds is 3. The summed E-state index contributed by atoms with van der Waals surface area (Å²) < 4.78 is 17.2. The molecule has 1 heterocycles. The van der Waals surface area contributed by atoms with E-state index in [2.05, 4.69) is 29.7 Å². The van der Waals surface area contributed by atoms with Crippen molar-refractivity contribution in [1.82, 2.24) is 0 Å². The van der Waals surface area contributed by atoms with E-state index in [0.29, 0.717) is 3.55 Å². The van der Waals surface area contributed by atoms with Gasteiger partial charge in [0.25, 0.3) is 0 Å². The van der Waals surface area contributed by atoms with E-state index in [-0.39, 0.29) is 30.6 Å². The Morgan fingerprint density at radius 2 is 1.86 bits per heavy atom. The Kier molecular flexibility index (Phi) is 8.78. The fourth-order valence-electron chi connectivity index (χ4n) is 4.04. The molecule has 22 heavy (non-hydrogen) atoms. The fourth-order valence-corrected chi connectivity index (χ4v) is 21.8. The molecule has 0 nitrogen and oxygen atoms in total.